The average molecular weight is 309 g/mol. The first-order valence-electron chi connectivity index (χ1n) is 8.31. The molecule has 1 amide bonds. The minimum Gasteiger partial charge on any atom is -0.393 e. The van der Waals surface area contributed by atoms with Crippen LogP contribution in [0.25, 0.3) is 11.1 Å². The Balaban J connectivity index is 1.46. The van der Waals surface area contributed by atoms with Crippen LogP contribution < -0.4 is 5.32 Å². The Morgan fingerprint density at radius 1 is 1.04 bits per heavy atom. The van der Waals surface area contributed by atoms with Crippen molar-refractivity contribution in [3.63, 3.8) is 0 Å². The van der Waals surface area contributed by atoms with Crippen LogP contribution in [0, 0.1) is 5.92 Å². The molecule has 2 aromatic rings. The van der Waals surface area contributed by atoms with Crippen molar-refractivity contribution in [1.82, 2.24) is 5.32 Å². The van der Waals surface area contributed by atoms with Crippen LogP contribution in [-0.4, -0.2) is 23.7 Å². The van der Waals surface area contributed by atoms with E-state index in [1.165, 1.54) is 5.56 Å². The Hall–Kier alpha value is -2.13. The summed E-state index contributed by atoms with van der Waals surface area (Å²) in [7, 11) is 0. The van der Waals surface area contributed by atoms with Gasteiger partial charge in [-0.05, 0) is 41.9 Å². The Morgan fingerprint density at radius 2 is 1.70 bits per heavy atom. The number of rotatable bonds is 7. The maximum Gasteiger partial charge on any atom is 0.224 e. The Labute approximate surface area is 137 Å². The molecular weight excluding hydrogens is 286 g/mol. The van der Waals surface area contributed by atoms with E-state index in [0.717, 1.165) is 24.0 Å². The van der Waals surface area contributed by atoms with Crippen LogP contribution >= 0.6 is 0 Å². The molecule has 23 heavy (non-hydrogen) atoms. The van der Waals surface area contributed by atoms with Crippen molar-refractivity contribution in [3.8, 4) is 11.1 Å². The van der Waals surface area contributed by atoms with Gasteiger partial charge in [-0.15, -0.1) is 0 Å². The Morgan fingerprint density at radius 3 is 2.35 bits per heavy atom. The molecule has 1 atom stereocenters. The number of hydrogen-bond acceptors (Lipinski definition) is 2. The molecule has 3 nitrogen and oxygen atoms in total. The highest BCUT2D eigenvalue weighted by Gasteiger charge is 2.29. The van der Waals surface area contributed by atoms with Gasteiger partial charge in [-0.3, -0.25) is 4.79 Å². The molecule has 0 heterocycles. The molecule has 0 saturated heterocycles. The van der Waals surface area contributed by atoms with Crippen LogP contribution in [0.15, 0.2) is 54.6 Å². The molecule has 0 aliphatic heterocycles. The minimum atomic E-state index is -0.250. The van der Waals surface area contributed by atoms with E-state index in [4.69, 9.17) is 0 Å². The summed E-state index contributed by atoms with van der Waals surface area (Å²) in [6, 6.07) is 18.3. The quantitative estimate of drug-likeness (QED) is 0.825. The summed E-state index contributed by atoms with van der Waals surface area (Å²) < 4.78 is 0. The molecule has 3 rings (SSSR count). The first-order chi connectivity index (χ1) is 11.2. The molecule has 120 valence electrons. The predicted molar refractivity (Wildman–Crippen MR) is 91.9 cm³/mol. The standard InChI is InChI=1S/C20H23NO2/c22-19(18-10-11-18)12-13-21-20(23)14-15-6-8-17(9-7-15)16-4-2-1-3-5-16/h1-9,18-19,22H,10-14H2,(H,21,23)/t19-/m1/s1. The maximum atomic E-state index is 11.9. The molecule has 0 aromatic heterocycles. The van der Waals surface area contributed by atoms with E-state index in [9.17, 15) is 9.90 Å². The number of hydrogen-bond donors (Lipinski definition) is 2. The van der Waals surface area contributed by atoms with Crippen LogP contribution in [0.3, 0.4) is 0 Å². The van der Waals surface area contributed by atoms with E-state index in [-0.39, 0.29) is 12.0 Å². The fraction of sp³-hybridized carbons (Fsp3) is 0.350. The van der Waals surface area contributed by atoms with Crippen molar-refractivity contribution in [2.24, 2.45) is 5.92 Å². The topological polar surface area (TPSA) is 49.3 Å². The van der Waals surface area contributed by atoms with E-state index in [0.29, 0.717) is 25.3 Å². The van der Waals surface area contributed by atoms with Crippen LogP contribution in [0.5, 0.6) is 0 Å². The second-order valence-electron chi connectivity index (χ2n) is 6.28. The van der Waals surface area contributed by atoms with Crippen molar-refractivity contribution >= 4 is 5.91 Å². The number of carbonyl (C=O) groups excluding carboxylic acids is 1. The average Bonchev–Trinajstić information content (AvgIpc) is 3.41. The highest BCUT2D eigenvalue weighted by atomic mass is 16.3. The van der Waals surface area contributed by atoms with E-state index in [2.05, 4.69) is 29.6 Å². The van der Waals surface area contributed by atoms with E-state index < -0.39 is 0 Å². The third-order valence-electron chi connectivity index (χ3n) is 4.35. The van der Waals surface area contributed by atoms with Gasteiger partial charge in [-0.1, -0.05) is 54.6 Å². The zero-order valence-corrected chi connectivity index (χ0v) is 13.2. The van der Waals surface area contributed by atoms with Gasteiger partial charge in [-0.25, -0.2) is 0 Å². The monoisotopic (exact) mass is 309 g/mol. The van der Waals surface area contributed by atoms with Gasteiger partial charge in [0.25, 0.3) is 0 Å². The van der Waals surface area contributed by atoms with Gasteiger partial charge in [0.15, 0.2) is 0 Å². The summed E-state index contributed by atoms with van der Waals surface area (Å²) in [5.41, 5.74) is 3.34. The Bertz CT molecular complexity index is 632. The highest BCUT2D eigenvalue weighted by Crippen LogP contribution is 2.33. The van der Waals surface area contributed by atoms with E-state index >= 15 is 0 Å². The number of aliphatic hydroxyl groups excluding tert-OH is 1. The number of aliphatic hydroxyl groups is 1. The summed E-state index contributed by atoms with van der Waals surface area (Å²) in [5.74, 6) is 0.484. The fourth-order valence-corrected chi connectivity index (χ4v) is 2.77. The van der Waals surface area contributed by atoms with Gasteiger partial charge in [0, 0.05) is 6.54 Å². The van der Waals surface area contributed by atoms with Crippen molar-refractivity contribution in [2.75, 3.05) is 6.54 Å². The lowest BCUT2D eigenvalue weighted by atomic mass is 10.0. The number of carbonyl (C=O) groups is 1. The third kappa shape index (κ3) is 4.67. The van der Waals surface area contributed by atoms with Gasteiger partial charge in [0.05, 0.1) is 12.5 Å². The third-order valence-corrected chi connectivity index (χ3v) is 4.35. The molecule has 0 unspecified atom stereocenters. The lowest BCUT2D eigenvalue weighted by Gasteiger charge is -2.10. The normalized spacial score (nSPS) is 15.2. The number of amides is 1. The summed E-state index contributed by atoms with van der Waals surface area (Å²) in [6.45, 7) is 0.554. The minimum absolute atomic E-state index is 0.0143. The number of benzene rings is 2. The van der Waals surface area contributed by atoms with Gasteiger partial charge < -0.3 is 10.4 Å². The van der Waals surface area contributed by atoms with Crippen LogP contribution in [-0.2, 0) is 11.2 Å². The highest BCUT2D eigenvalue weighted by molar-refractivity contribution is 5.78. The smallest absolute Gasteiger partial charge is 0.224 e. The molecule has 3 heteroatoms. The lowest BCUT2D eigenvalue weighted by Crippen LogP contribution is -2.28. The summed E-state index contributed by atoms with van der Waals surface area (Å²) in [4.78, 5) is 11.9. The second kappa shape index (κ2) is 7.42. The molecule has 0 radical (unpaired) electrons. The zero-order chi connectivity index (χ0) is 16.1. The van der Waals surface area contributed by atoms with Crippen molar-refractivity contribution < 1.29 is 9.90 Å². The zero-order valence-electron chi connectivity index (χ0n) is 13.2. The van der Waals surface area contributed by atoms with Crippen molar-refractivity contribution in [3.05, 3.63) is 60.2 Å². The van der Waals surface area contributed by atoms with Crippen molar-refractivity contribution in [2.45, 2.75) is 31.8 Å². The first-order valence-corrected chi connectivity index (χ1v) is 8.31. The van der Waals surface area contributed by atoms with Crippen molar-refractivity contribution in [1.29, 1.82) is 0 Å². The lowest BCUT2D eigenvalue weighted by molar-refractivity contribution is -0.120. The molecule has 2 N–H and O–H groups in total. The Kier molecular flexibility index (Phi) is 5.09. The fourth-order valence-electron chi connectivity index (χ4n) is 2.77. The molecule has 0 spiro atoms. The predicted octanol–water partition coefficient (Wildman–Crippen LogP) is 3.17. The van der Waals surface area contributed by atoms with Crippen LogP contribution in [0.4, 0.5) is 0 Å². The molecule has 1 aliphatic carbocycles. The molecule has 1 aliphatic rings. The molecular formula is C20H23NO2. The summed E-state index contributed by atoms with van der Waals surface area (Å²) in [6.07, 6.45) is 3.05. The second-order valence-corrected chi connectivity index (χ2v) is 6.28. The largest absolute Gasteiger partial charge is 0.393 e. The van der Waals surface area contributed by atoms with E-state index in [1.54, 1.807) is 0 Å². The molecule has 1 fully saturated rings. The molecule has 2 aromatic carbocycles. The van der Waals surface area contributed by atoms with Gasteiger partial charge >= 0.3 is 0 Å². The number of nitrogens with one attached hydrogen (secondary N) is 1. The van der Waals surface area contributed by atoms with E-state index in [1.807, 2.05) is 30.3 Å². The summed E-state index contributed by atoms with van der Waals surface area (Å²) >= 11 is 0. The van der Waals surface area contributed by atoms with Crippen LogP contribution in [0.1, 0.15) is 24.8 Å². The van der Waals surface area contributed by atoms with Gasteiger partial charge in [0.1, 0.15) is 0 Å². The SMILES string of the molecule is O=C(Cc1ccc(-c2ccccc2)cc1)NCC[C@@H](O)C1CC1. The summed E-state index contributed by atoms with van der Waals surface area (Å²) in [5, 5.41) is 12.7. The first kappa shape index (κ1) is 15.8. The molecule has 1 saturated carbocycles. The molecule has 0 bridgehead atoms. The maximum absolute atomic E-state index is 11.9. The van der Waals surface area contributed by atoms with Gasteiger partial charge in [-0.2, -0.15) is 0 Å². The van der Waals surface area contributed by atoms with Gasteiger partial charge in [0.2, 0.25) is 5.91 Å². The van der Waals surface area contributed by atoms with Crippen LogP contribution in [0.2, 0.25) is 0 Å².